The van der Waals surface area contributed by atoms with Crippen LogP contribution in [0.5, 0.6) is 0 Å². The Morgan fingerprint density at radius 1 is 1.07 bits per heavy atom. The molecular weight excluding hydrogens is 380 g/mol. The Kier molecular flexibility index (Phi) is 7.08. The summed E-state index contributed by atoms with van der Waals surface area (Å²) in [7, 11) is 1.69. The van der Waals surface area contributed by atoms with Crippen molar-refractivity contribution in [2.45, 2.75) is 64.2 Å². The van der Waals surface area contributed by atoms with E-state index in [9.17, 15) is 9.59 Å². The number of aryl methyl sites for hydroxylation is 1. The molecule has 0 aromatic carbocycles. The molecule has 166 valence electrons. The second-order valence-corrected chi connectivity index (χ2v) is 9.14. The molecule has 1 N–H and O–H groups in total. The molecule has 30 heavy (non-hydrogen) atoms. The number of aromatic nitrogens is 2. The lowest BCUT2D eigenvalue weighted by atomic mass is 9.81. The van der Waals surface area contributed by atoms with Crippen LogP contribution in [-0.4, -0.2) is 71.7 Å². The third-order valence-corrected chi connectivity index (χ3v) is 7.29. The van der Waals surface area contributed by atoms with E-state index in [0.717, 1.165) is 82.3 Å². The number of rotatable bonds is 5. The number of carbonyl (C=O) groups excluding carboxylic acids is 2. The quantitative estimate of drug-likeness (QED) is 0.749. The number of nitrogens with one attached hydrogen (secondary N) is 1. The fraction of sp³-hybridized carbons (Fsp3) is 0.783. The molecule has 7 heteroatoms. The normalized spacial score (nSPS) is 23.8. The average Bonchev–Trinajstić information content (AvgIpc) is 2.91. The largest absolute Gasteiger partial charge is 0.383 e. The van der Waals surface area contributed by atoms with Gasteiger partial charge in [0.15, 0.2) is 5.69 Å². The first-order valence-corrected chi connectivity index (χ1v) is 11.8. The van der Waals surface area contributed by atoms with Crippen LogP contribution in [0.4, 0.5) is 0 Å². The van der Waals surface area contributed by atoms with Crippen LogP contribution in [0.2, 0.25) is 0 Å². The van der Waals surface area contributed by atoms with Crippen molar-refractivity contribution in [3.8, 4) is 0 Å². The van der Waals surface area contributed by atoms with Gasteiger partial charge in [-0.15, -0.1) is 0 Å². The molecule has 1 atom stereocenters. The van der Waals surface area contributed by atoms with Crippen LogP contribution in [0, 0.1) is 11.8 Å². The summed E-state index contributed by atoms with van der Waals surface area (Å²) in [5.74, 6) is 0.845. The fourth-order valence-electron chi connectivity index (χ4n) is 5.49. The number of ether oxygens (including phenoxy) is 1. The maximum absolute atomic E-state index is 13.2. The van der Waals surface area contributed by atoms with E-state index in [1.807, 2.05) is 9.80 Å². The van der Waals surface area contributed by atoms with Crippen molar-refractivity contribution < 1.29 is 14.3 Å². The lowest BCUT2D eigenvalue weighted by molar-refractivity contribution is -0.137. The highest BCUT2D eigenvalue weighted by molar-refractivity contribution is 5.94. The van der Waals surface area contributed by atoms with Gasteiger partial charge < -0.3 is 14.5 Å². The van der Waals surface area contributed by atoms with Crippen molar-refractivity contribution in [1.29, 1.82) is 0 Å². The fourth-order valence-corrected chi connectivity index (χ4v) is 5.49. The Bertz CT molecular complexity index is 739. The summed E-state index contributed by atoms with van der Waals surface area (Å²) in [4.78, 5) is 30.3. The number of H-pyrrole nitrogens is 1. The number of nitrogens with zero attached hydrogens (tertiary/aromatic N) is 3. The molecule has 0 unspecified atom stereocenters. The number of hydrogen-bond acceptors (Lipinski definition) is 4. The number of piperidine rings is 1. The van der Waals surface area contributed by atoms with Gasteiger partial charge in [0.1, 0.15) is 0 Å². The third-order valence-electron chi connectivity index (χ3n) is 7.29. The molecule has 4 rings (SSSR count). The Balaban J connectivity index is 1.37. The predicted molar refractivity (Wildman–Crippen MR) is 114 cm³/mol. The van der Waals surface area contributed by atoms with Crippen LogP contribution in [0.25, 0.3) is 0 Å². The van der Waals surface area contributed by atoms with Crippen LogP contribution >= 0.6 is 0 Å². The van der Waals surface area contributed by atoms with Crippen LogP contribution in [0.1, 0.15) is 73.1 Å². The monoisotopic (exact) mass is 416 g/mol. The van der Waals surface area contributed by atoms with Gasteiger partial charge in [-0.25, -0.2) is 0 Å². The smallest absolute Gasteiger partial charge is 0.274 e. The van der Waals surface area contributed by atoms with Crippen molar-refractivity contribution in [2.24, 2.45) is 11.8 Å². The van der Waals surface area contributed by atoms with Gasteiger partial charge in [0.2, 0.25) is 5.91 Å². The van der Waals surface area contributed by atoms with E-state index < -0.39 is 0 Å². The van der Waals surface area contributed by atoms with E-state index in [2.05, 4.69) is 10.2 Å². The Morgan fingerprint density at radius 2 is 1.87 bits per heavy atom. The van der Waals surface area contributed by atoms with Gasteiger partial charge in [-0.2, -0.15) is 5.10 Å². The van der Waals surface area contributed by atoms with Crippen molar-refractivity contribution in [3.63, 3.8) is 0 Å². The minimum Gasteiger partial charge on any atom is -0.383 e. The van der Waals surface area contributed by atoms with Crippen LogP contribution in [-0.2, 0) is 22.4 Å². The van der Waals surface area contributed by atoms with Gasteiger partial charge in [-0.1, -0.05) is 12.8 Å². The summed E-state index contributed by atoms with van der Waals surface area (Å²) < 4.78 is 5.19. The number of hydrogen-bond donors (Lipinski definition) is 1. The number of aromatic amines is 1. The van der Waals surface area contributed by atoms with E-state index in [4.69, 9.17) is 4.74 Å². The summed E-state index contributed by atoms with van der Waals surface area (Å²) in [6.07, 6.45) is 10.5. The number of fused-ring (bicyclic) bond motifs is 1. The second kappa shape index (κ2) is 9.94. The molecule has 2 amide bonds. The molecule has 1 aromatic heterocycles. The highest BCUT2D eigenvalue weighted by Gasteiger charge is 2.36. The zero-order valence-electron chi connectivity index (χ0n) is 18.3. The average molecular weight is 417 g/mol. The SMILES string of the molecule is COCCN1CCCC[C@H](C2CCN(C(=O)c3n[nH]c4c3CCCCC4)CC2)C1=O. The van der Waals surface area contributed by atoms with Gasteiger partial charge in [0.25, 0.3) is 5.91 Å². The summed E-state index contributed by atoms with van der Waals surface area (Å²) in [6, 6.07) is 0. The van der Waals surface area contributed by atoms with Crippen LogP contribution in [0.15, 0.2) is 0 Å². The van der Waals surface area contributed by atoms with Crippen molar-refractivity contribution >= 4 is 11.8 Å². The summed E-state index contributed by atoms with van der Waals surface area (Å²) in [6.45, 7) is 3.59. The Labute approximate surface area is 179 Å². The van der Waals surface area contributed by atoms with Crippen LogP contribution < -0.4 is 0 Å². The molecule has 0 bridgehead atoms. The lowest BCUT2D eigenvalue weighted by Crippen LogP contribution is -2.44. The maximum atomic E-state index is 13.2. The molecule has 2 aliphatic heterocycles. The molecule has 2 saturated heterocycles. The topological polar surface area (TPSA) is 78.5 Å². The van der Waals surface area contributed by atoms with Crippen molar-refractivity contribution in [3.05, 3.63) is 17.0 Å². The standard InChI is InChI=1S/C23H36N4O3/c1-30-16-15-26-12-6-5-7-18(22(26)28)17-10-13-27(14-11-17)23(29)21-19-8-3-2-4-9-20(19)24-25-21/h17-18H,2-16H2,1H3,(H,24,25)/t18-/m1/s1. The minimum absolute atomic E-state index is 0.0711. The zero-order chi connectivity index (χ0) is 20.9. The molecule has 7 nitrogen and oxygen atoms in total. The first kappa shape index (κ1) is 21.3. The van der Waals surface area contributed by atoms with E-state index in [0.29, 0.717) is 30.7 Å². The van der Waals surface area contributed by atoms with E-state index >= 15 is 0 Å². The van der Waals surface area contributed by atoms with Crippen LogP contribution in [0.3, 0.4) is 0 Å². The molecule has 1 aromatic rings. The lowest BCUT2D eigenvalue weighted by Gasteiger charge is -2.36. The number of methoxy groups -OCH3 is 1. The summed E-state index contributed by atoms with van der Waals surface area (Å²) in [5.41, 5.74) is 2.94. The molecule has 0 spiro atoms. The number of likely N-dealkylation sites (tertiary alicyclic amines) is 2. The van der Waals surface area contributed by atoms with Gasteiger partial charge in [-0.3, -0.25) is 14.7 Å². The third kappa shape index (κ3) is 4.56. The number of carbonyl (C=O) groups is 2. The van der Waals surface area contributed by atoms with E-state index in [-0.39, 0.29) is 11.8 Å². The first-order chi connectivity index (χ1) is 14.7. The highest BCUT2D eigenvalue weighted by atomic mass is 16.5. The zero-order valence-corrected chi connectivity index (χ0v) is 18.3. The second-order valence-electron chi connectivity index (χ2n) is 9.14. The highest BCUT2D eigenvalue weighted by Crippen LogP contribution is 2.33. The molecule has 2 fully saturated rings. The molecular formula is C23H36N4O3. The summed E-state index contributed by atoms with van der Waals surface area (Å²) in [5, 5.41) is 7.52. The maximum Gasteiger partial charge on any atom is 0.274 e. The first-order valence-electron chi connectivity index (χ1n) is 11.8. The van der Waals surface area contributed by atoms with Crippen molar-refractivity contribution in [1.82, 2.24) is 20.0 Å². The van der Waals surface area contributed by atoms with E-state index in [1.165, 1.54) is 12.8 Å². The van der Waals surface area contributed by atoms with Gasteiger partial charge in [-0.05, 0) is 57.3 Å². The molecule has 3 aliphatic rings. The van der Waals surface area contributed by atoms with E-state index in [1.54, 1.807) is 7.11 Å². The molecule has 3 heterocycles. The Hall–Kier alpha value is -1.89. The molecule has 0 radical (unpaired) electrons. The molecule has 1 aliphatic carbocycles. The number of amides is 2. The van der Waals surface area contributed by atoms with Gasteiger partial charge >= 0.3 is 0 Å². The predicted octanol–water partition coefficient (Wildman–Crippen LogP) is 2.81. The summed E-state index contributed by atoms with van der Waals surface area (Å²) >= 11 is 0. The minimum atomic E-state index is 0.0711. The Morgan fingerprint density at radius 3 is 2.67 bits per heavy atom. The van der Waals surface area contributed by atoms with Gasteiger partial charge in [0.05, 0.1) is 6.61 Å². The van der Waals surface area contributed by atoms with Gasteiger partial charge in [0, 0.05) is 50.5 Å². The van der Waals surface area contributed by atoms with Crippen molar-refractivity contribution in [2.75, 3.05) is 39.9 Å². The molecule has 0 saturated carbocycles.